The summed E-state index contributed by atoms with van der Waals surface area (Å²) in [5.74, 6) is 0.925. The number of hydrogen-bond donors (Lipinski definition) is 0. The van der Waals surface area contributed by atoms with Crippen LogP contribution in [0.25, 0.3) is 0 Å². The first-order chi connectivity index (χ1) is 11.6. The normalized spacial score (nSPS) is 15.7. The Hall–Kier alpha value is -2.14. The van der Waals surface area contributed by atoms with Gasteiger partial charge in [0.2, 0.25) is 5.91 Å². The molecule has 0 N–H and O–H groups in total. The summed E-state index contributed by atoms with van der Waals surface area (Å²) in [4.78, 5) is 16.9. The third kappa shape index (κ3) is 4.03. The van der Waals surface area contributed by atoms with E-state index in [1.54, 1.807) is 0 Å². The van der Waals surface area contributed by atoms with E-state index in [1.165, 1.54) is 5.56 Å². The molecule has 24 heavy (non-hydrogen) atoms. The molecule has 1 aromatic heterocycles. The molecule has 1 aliphatic heterocycles. The van der Waals surface area contributed by atoms with Crippen LogP contribution in [-0.2, 0) is 17.6 Å². The third-order valence-corrected chi connectivity index (χ3v) is 4.79. The predicted molar refractivity (Wildman–Crippen MR) is 92.8 cm³/mol. The second kappa shape index (κ2) is 7.62. The van der Waals surface area contributed by atoms with Crippen LogP contribution in [-0.4, -0.2) is 53.6 Å². The summed E-state index contributed by atoms with van der Waals surface area (Å²) < 4.78 is 5.15. The fraction of sp³-hybridized carbons (Fsp3) is 0.474. The van der Waals surface area contributed by atoms with E-state index in [4.69, 9.17) is 4.52 Å². The van der Waals surface area contributed by atoms with Crippen molar-refractivity contribution in [1.82, 2.24) is 15.0 Å². The molecule has 5 heteroatoms. The molecule has 128 valence electrons. The van der Waals surface area contributed by atoms with Gasteiger partial charge in [-0.2, -0.15) is 0 Å². The maximum Gasteiger partial charge on any atom is 0.227 e. The van der Waals surface area contributed by atoms with Crippen LogP contribution in [0.15, 0.2) is 34.9 Å². The Balaban J connectivity index is 1.45. The van der Waals surface area contributed by atoms with Gasteiger partial charge < -0.3 is 9.42 Å². The van der Waals surface area contributed by atoms with E-state index in [0.717, 1.165) is 56.2 Å². The van der Waals surface area contributed by atoms with E-state index in [0.29, 0.717) is 6.42 Å². The van der Waals surface area contributed by atoms with Crippen molar-refractivity contribution in [2.45, 2.75) is 26.7 Å². The summed E-state index contributed by atoms with van der Waals surface area (Å²) in [7, 11) is 0. The van der Waals surface area contributed by atoms with Crippen LogP contribution in [0, 0.1) is 13.8 Å². The summed E-state index contributed by atoms with van der Waals surface area (Å²) in [6.07, 6.45) is 1.46. The van der Waals surface area contributed by atoms with Gasteiger partial charge in [0.1, 0.15) is 5.76 Å². The van der Waals surface area contributed by atoms with Gasteiger partial charge in [0.15, 0.2) is 0 Å². The van der Waals surface area contributed by atoms with Crippen molar-refractivity contribution in [1.29, 1.82) is 0 Å². The molecule has 0 atom stereocenters. The number of aromatic nitrogens is 1. The first-order valence-electron chi connectivity index (χ1n) is 8.59. The molecule has 1 fully saturated rings. The largest absolute Gasteiger partial charge is 0.361 e. The van der Waals surface area contributed by atoms with E-state index in [-0.39, 0.29) is 5.91 Å². The summed E-state index contributed by atoms with van der Waals surface area (Å²) in [6, 6.07) is 10.6. The van der Waals surface area contributed by atoms with Crippen LogP contribution in [0.3, 0.4) is 0 Å². The molecule has 2 heterocycles. The van der Waals surface area contributed by atoms with Crippen molar-refractivity contribution < 1.29 is 9.32 Å². The highest BCUT2D eigenvalue weighted by atomic mass is 16.5. The summed E-state index contributed by atoms with van der Waals surface area (Å²) in [5.41, 5.74) is 3.13. The van der Waals surface area contributed by atoms with E-state index in [2.05, 4.69) is 34.3 Å². The minimum absolute atomic E-state index is 0.173. The average Bonchev–Trinajstić information content (AvgIpc) is 2.93. The lowest BCUT2D eigenvalue weighted by atomic mass is 10.1. The van der Waals surface area contributed by atoms with Gasteiger partial charge in [0.25, 0.3) is 0 Å². The number of rotatable bonds is 5. The number of nitrogens with zero attached hydrogens (tertiary/aromatic N) is 3. The molecule has 3 rings (SSSR count). The van der Waals surface area contributed by atoms with Crippen molar-refractivity contribution >= 4 is 5.91 Å². The van der Waals surface area contributed by atoms with Gasteiger partial charge in [0.05, 0.1) is 12.1 Å². The minimum Gasteiger partial charge on any atom is -0.361 e. The van der Waals surface area contributed by atoms with Crippen LogP contribution in [0.5, 0.6) is 0 Å². The summed E-state index contributed by atoms with van der Waals surface area (Å²) >= 11 is 0. The topological polar surface area (TPSA) is 49.6 Å². The number of amides is 1. The molecule has 0 aliphatic carbocycles. The molecule has 1 aromatic carbocycles. The Morgan fingerprint density at radius 1 is 1.12 bits per heavy atom. The highest BCUT2D eigenvalue weighted by Gasteiger charge is 2.23. The Morgan fingerprint density at radius 2 is 1.83 bits per heavy atom. The van der Waals surface area contributed by atoms with Crippen LogP contribution in [0.4, 0.5) is 0 Å². The number of piperazine rings is 1. The minimum atomic E-state index is 0.173. The first-order valence-corrected chi connectivity index (χ1v) is 8.59. The Bertz CT molecular complexity index is 654. The summed E-state index contributed by atoms with van der Waals surface area (Å²) in [5, 5.41) is 3.93. The van der Waals surface area contributed by atoms with Crippen molar-refractivity contribution in [3.8, 4) is 0 Å². The van der Waals surface area contributed by atoms with E-state index >= 15 is 0 Å². The maximum absolute atomic E-state index is 12.5. The number of benzene rings is 1. The van der Waals surface area contributed by atoms with Gasteiger partial charge in [-0.1, -0.05) is 35.5 Å². The average molecular weight is 327 g/mol. The highest BCUT2D eigenvalue weighted by molar-refractivity contribution is 5.79. The number of carbonyl (C=O) groups excluding carboxylic acids is 1. The van der Waals surface area contributed by atoms with Crippen LogP contribution in [0.2, 0.25) is 0 Å². The summed E-state index contributed by atoms with van der Waals surface area (Å²) in [6.45, 7) is 8.30. The van der Waals surface area contributed by atoms with Gasteiger partial charge in [-0.25, -0.2) is 0 Å². The van der Waals surface area contributed by atoms with Crippen LogP contribution in [0.1, 0.15) is 22.6 Å². The van der Waals surface area contributed by atoms with Crippen molar-refractivity contribution in [2.75, 3.05) is 32.7 Å². The number of aryl methyl sites for hydroxylation is 2. The van der Waals surface area contributed by atoms with Gasteiger partial charge in [-0.15, -0.1) is 0 Å². The molecule has 1 saturated heterocycles. The van der Waals surface area contributed by atoms with Crippen molar-refractivity contribution in [2.24, 2.45) is 0 Å². The molecular formula is C19H25N3O2. The fourth-order valence-corrected chi connectivity index (χ4v) is 3.17. The second-order valence-corrected chi connectivity index (χ2v) is 6.44. The standard InChI is InChI=1S/C19H25N3O2/c1-15-18(16(2)24-20-15)14-19(23)22-12-10-21(11-13-22)9-8-17-6-4-3-5-7-17/h3-7H,8-14H2,1-2H3. The van der Waals surface area contributed by atoms with Crippen LogP contribution < -0.4 is 0 Å². The molecule has 2 aromatic rings. The molecule has 1 amide bonds. The van der Waals surface area contributed by atoms with Crippen LogP contribution >= 0.6 is 0 Å². The number of carbonyl (C=O) groups is 1. The highest BCUT2D eigenvalue weighted by Crippen LogP contribution is 2.15. The fourth-order valence-electron chi connectivity index (χ4n) is 3.17. The van der Waals surface area contributed by atoms with E-state index in [9.17, 15) is 4.79 Å². The monoisotopic (exact) mass is 327 g/mol. The van der Waals surface area contributed by atoms with Crippen molar-refractivity contribution in [3.05, 3.63) is 52.9 Å². The molecule has 1 aliphatic rings. The van der Waals surface area contributed by atoms with E-state index < -0.39 is 0 Å². The predicted octanol–water partition coefficient (Wildman–Crippen LogP) is 2.22. The van der Waals surface area contributed by atoms with Gasteiger partial charge in [-0.3, -0.25) is 9.69 Å². The Labute approximate surface area is 143 Å². The molecule has 0 saturated carbocycles. The Morgan fingerprint density at radius 3 is 2.46 bits per heavy atom. The van der Waals surface area contributed by atoms with Gasteiger partial charge in [0, 0.05) is 38.3 Å². The zero-order valence-electron chi connectivity index (χ0n) is 14.5. The SMILES string of the molecule is Cc1noc(C)c1CC(=O)N1CCN(CCc2ccccc2)CC1. The first kappa shape index (κ1) is 16.7. The van der Waals surface area contributed by atoms with Gasteiger partial charge >= 0.3 is 0 Å². The molecule has 0 unspecified atom stereocenters. The maximum atomic E-state index is 12.5. The molecule has 0 spiro atoms. The molecular weight excluding hydrogens is 302 g/mol. The lowest BCUT2D eigenvalue weighted by molar-refractivity contribution is -0.132. The van der Waals surface area contributed by atoms with E-state index in [1.807, 2.05) is 24.8 Å². The second-order valence-electron chi connectivity index (χ2n) is 6.44. The smallest absolute Gasteiger partial charge is 0.227 e. The quantitative estimate of drug-likeness (QED) is 0.845. The zero-order valence-corrected chi connectivity index (χ0v) is 14.5. The van der Waals surface area contributed by atoms with Gasteiger partial charge in [-0.05, 0) is 25.8 Å². The lowest BCUT2D eigenvalue weighted by Crippen LogP contribution is -2.49. The zero-order chi connectivity index (χ0) is 16.9. The number of hydrogen-bond acceptors (Lipinski definition) is 4. The molecule has 0 radical (unpaired) electrons. The lowest BCUT2D eigenvalue weighted by Gasteiger charge is -2.34. The Kier molecular flexibility index (Phi) is 5.30. The molecule has 5 nitrogen and oxygen atoms in total. The third-order valence-electron chi connectivity index (χ3n) is 4.79. The molecule has 0 bridgehead atoms. The van der Waals surface area contributed by atoms with Crippen molar-refractivity contribution in [3.63, 3.8) is 0 Å².